The third-order valence-corrected chi connectivity index (χ3v) is 6.70. The zero-order valence-corrected chi connectivity index (χ0v) is 15.5. The Morgan fingerprint density at radius 1 is 1.23 bits per heavy atom. The van der Waals surface area contributed by atoms with Crippen molar-refractivity contribution >= 4 is 15.6 Å². The lowest BCUT2D eigenvalue weighted by Gasteiger charge is -2.31. The summed E-state index contributed by atoms with van der Waals surface area (Å²) >= 11 is 0. The van der Waals surface area contributed by atoms with Gasteiger partial charge in [-0.15, -0.1) is 0 Å². The van der Waals surface area contributed by atoms with Crippen molar-refractivity contribution in [1.29, 1.82) is 0 Å². The molecule has 3 heterocycles. The van der Waals surface area contributed by atoms with E-state index in [2.05, 4.69) is 5.32 Å². The first-order valence-corrected chi connectivity index (χ1v) is 10.6. The molecule has 3 aliphatic rings. The number of hydrogen-bond donors (Lipinski definition) is 2. The molecule has 0 aromatic heterocycles. The predicted octanol–water partition coefficient (Wildman–Crippen LogP) is 2.37. The fourth-order valence-electron chi connectivity index (χ4n) is 4.46. The Balaban J connectivity index is 1.66. The smallest absolute Gasteiger partial charge is 0.238 e. The summed E-state index contributed by atoms with van der Waals surface area (Å²) in [7, 11) is -2.01. The molecule has 2 saturated heterocycles. The Morgan fingerprint density at radius 3 is 2.62 bits per heavy atom. The number of nitrogens with one attached hydrogen (secondary N) is 1. The van der Waals surface area contributed by atoms with E-state index in [1.54, 1.807) is 24.1 Å². The van der Waals surface area contributed by atoms with E-state index < -0.39 is 16.3 Å². The predicted molar refractivity (Wildman–Crippen MR) is 99.2 cm³/mol. The minimum atomic E-state index is -3.75. The van der Waals surface area contributed by atoms with Crippen LogP contribution in [0.2, 0.25) is 0 Å². The van der Waals surface area contributed by atoms with E-state index in [-0.39, 0.29) is 4.90 Å². The number of likely N-dealkylation sites (N-methyl/N-ethyl adjacent to an activating group) is 1. The summed E-state index contributed by atoms with van der Waals surface area (Å²) in [6.07, 6.45) is 7.33. The standard InChI is InChI=1S/C19H24FN3O2S/c1-23-11-13(16-10-14-3-2-4-18(16)22-14)9-17(19(23)20)12-5-7-15(8-6-12)26(21,24)25/h5-9,11,14,16,18-19,22H,2-4,10H2,1H3,(H2,21,24,25). The lowest BCUT2D eigenvalue weighted by atomic mass is 9.86. The van der Waals surface area contributed by atoms with Crippen molar-refractivity contribution in [3.05, 3.63) is 47.7 Å². The molecular formula is C19H24FN3O2S. The Bertz CT molecular complexity index is 863. The molecular weight excluding hydrogens is 353 g/mol. The van der Waals surface area contributed by atoms with Crippen molar-refractivity contribution in [1.82, 2.24) is 10.2 Å². The molecule has 2 fully saturated rings. The molecule has 1 aromatic rings. The molecule has 4 atom stereocenters. The minimum absolute atomic E-state index is 0.0333. The lowest BCUT2D eigenvalue weighted by Crippen LogP contribution is -2.36. The molecule has 0 spiro atoms. The zero-order valence-electron chi connectivity index (χ0n) is 14.7. The van der Waals surface area contributed by atoms with Crippen LogP contribution in [0.3, 0.4) is 0 Å². The minimum Gasteiger partial charge on any atom is -0.347 e. The average Bonchev–Trinajstić information content (AvgIpc) is 2.90. The molecule has 0 aliphatic carbocycles. The number of benzene rings is 1. The second kappa shape index (κ2) is 6.48. The van der Waals surface area contributed by atoms with E-state index in [1.165, 1.54) is 25.0 Å². The van der Waals surface area contributed by atoms with Gasteiger partial charge in [0.25, 0.3) is 0 Å². The van der Waals surface area contributed by atoms with Crippen LogP contribution in [0.15, 0.2) is 47.0 Å². The van der Waals surface area contributed by atoms with Gasteiger partial charge in [0.15, 0.2) is 6.30 Å². The third-order valence-electron chi connectivity index (χ3n) is 5.78. The van der Waals surface area contributed by atoms with Crippen LogP contribution < -0.4 is 10.5 Å². The average molecular weight is 377 g/mol. The van der Waals surface area contributed by atoms with Gasteiger partial charge in [-0.3, -0.25) is 0 Å². The first kappa shape index (κ1) is 17.7. The van der Waals surface area contributed by atoms with E-state index in [9.17, 15) is 12.8 Å². The van der Waals surface area contributed by atoms with Crippen molar-refractivity contribution < 1.29 is 12.8 Å². The number of primary sulfonamides is 1. The first-order valence-electron chi connectivity index (χ1n) is 9.01. The molecule has 5 nitrogen and oxygen atoms in total. The van der Waals surface area contributed by atoms with Crippen LogP contribution in [0.25, 0.3) is 5.57 Å². The maximum Gasteiger partial charge on any atom is 0.238 e. The number of hydrogen-bond acceptors (Lipinski definition) is 4. The highest BCUT2D eigenvalue weighted by Gasteiger charge is 2.39. The number of alkyl halides is 1. The Hall–Kier alpha value is -1.70. The van der Waals surface area contributed by atoms with Crippen LogP contribution in [-0.4, -0.2) is 38.7 Å². The molecule has 0 saturated carbocycles. The highest BCUT2D eigenvalue weighted by molar-refractivity contribution is 7.89. The Labute approximate surface area is 153 Å². The van der Waals surface area contributed by atoms with Crippen LogP contribution in [0.5, 0.6) is 0 Å². The van der Waals surface area contributed by atoms with E-state index in [1.807, 2.05) is 12.3 Å². The summed E-state index contributed by atoms with van der Waals surface area (Å²) in [4.78, 5) is 1.63. The molecule has 26 heavy (non-hydrogen) atoms. The van der Waals surface area contributed by atoms with Gasteiger partial charge in [-0.05, 0) is 48.6 Å². The van der Waals surface area contributed by atoms with Gasteiger partial charge in [-0.1, -0.05) is 18.6 Å². The molecule has 2 bridgehead atoms. The Morgan fingerprint density at radius 2 is 1.96 bits per heavy atom. The first-order chi connectivity index (χ1) is 12.3. The molecule has 0 amide bonds. The molecule has 3 N–H and O–H groups in total. The fourth-order valence-corrected chi connectivity index (χ4v) is 4.98. The van der Waals surface area contributed by atoms with Crippen molar-refractivity contribution in [3.63, 3.8) is 0 Å². The number of rotatable bonds is 3. The Kier molecular flexibility index (Phi) is 4.41. The molecule has 7 heteroatoms. The van der Waals surface area contributed by atoms with Crippen LogP contribution in [0.1, 0.15) is 31.2 Å². The lowest BCUT2D eigenvalue weighted by molar-refractivity contribution is 0.214. The van der Waals surface area contributed by atoms with Gasteiger partial charge in [0, 0.05) is 36.8 Å². The van der Waals surface area contributed by atoms with Gasteiger partial charge in [-0.2, -0.15) is 0 Å². The van der Waals surface area contributed by atoms with Crippen LogP contribution >= 0.6 is 0 Å². The second-order valence-electron chi connectivity index (χ2n) is 7.54. The monoisotopic (exact) mass is 377 g/mol. The van der Waals surface area contributed by atoms with Crippen molar-refractivity contribution in [2.75, 3.05) is 7.05 Å². The van der Waals surface area contributed by atoms with E-state index in [0.29, 0.717) is 29.1 Å². The van der Waals surface area contributed by atoms with Crippen LogP contribution in [0.4, 0.5) is 4.39 Å². The summed E-state index contributed by atoms with van der Waals surface area (Å²) < 4.78 is 37.7. The number of nitrogens with two attached hydrogens (primary N) is 1. The normalized spacial score (nSPS) is 31.6. The maximum atomic E-state index is 14.8. The number of halogens is 1. The molecule has 0 radical (unpaired) electrons. The number of nitrogens with zero attached hydrogens (tertiary/aromatic N) is 1. The van der Waals surface area contributed by atoms with Crippen molar-refractivity contribution in [2.45, 2.75) is 49.0 Å². The highest BCUT2D eigenvalue weighted by atomic mass is 32.2. The summed E-state index contributed by atoms with van der Waals surface area (Å²) in [5.74, 6) is 0.399. The van der Waals surface area contributed by atoms with Gasteiger partial charge < -0.3 is 10.2 Å². The van der Waals surface area contributed by atoms with Gasteiger partial charge in [-0.25, -0.2) is 17.9 Å². The second-order valence-corrected chi connectivity index (χ2v) is 9.10. The fraction of sp³-hybridized carbons (Fsp3) is 0.474. The molecule has 4 rings (SSSR count). The summed E-state index contributed by atoms with van der Waals surface area (Å²) in [6.45, 7) is 0. The molecule has 140 valence electrons. The highest BCUT2D eigenvalue weighted by Crippen LogP contribution is 2.40. The van der Waals surface area contributed by atoms with E-state index in [0.717, 1.165) is 18.4 Å². The summed E-state index contributed by atoms with van der Waals surface area (Å²) in [5.41, 5.74) is 2.39. The maximum absolute atomic E-state index is 14.8. The van der Waals surface area contributed by atoms with Crippen LogP contribution in [-0.2, 0) is 10.0 Å². The van der Waals surface area contributed by atoms with E-state index >= 15 is 0 Å². The molecule has 1 aromatic carbocycles. The molecule has 3 aliphatic heterocycles. The number of allylic oxidation sites excluding steroid dienone is 1. The number of piperidine rings is 1. The largest absolute Gasteiger partial charge is 0.347 e. The molecule has 4 unspecified atom stereocenters. The quantitative estimate of drug-likeness (QED) is 0.793. The summed E-state index contributed by atoms with van der Waals surface area (Å²) in [5, 5.41) is 8.83. The SMILES string of the molecule is CN1C=C(C2CC3CCCC2N3)C=C(c2ccc(S(N)(=O)=O)cc2)C1F. The van der Waals surface area contributed by atoms with E-state index in [4.69, 9.17) is 5.14 Å². The third kappa shape index (κ3) is 3.19. The van der Waals surface area contributed by atoms with Crippen LogP contribution in [0, 0.1) is 5.92 Å². The summed E-state index contributed by atoms with van der Waals surface area (Å²) in [6, 6.07) is 7.15. The number of sulfonamides is 1. The zero-order chi connectivity index (χ0) is 18.5. The van der Waals surface area contributed by atoms with Crippen molar-refractivity contribution in [2.24, 2.45) is 11.1 Å². The van der Waals surface area contributed by atoms with Gasteiger partial charge in [0.1, 0.15) is 0 Å². The number of fused-ring (bicyclic) bond motifs is 2. The van der Waals surface area contributed by atoms with Gasteiger partial charge >= 0.3 is 0 Å². The van der Waals surface area contributed by atoms with Gasteiger partial charge in [0.2, 0.25) is 10.0 Å². The topological polar surface area (TPSA) is 75.4 Å². The van der Waals surface area contributed by atoms with Crippen molar-refractivity contribution in [3.8, 4) is 0 Å². The van der Waals surface area contributed by atoms with Gasteiger partial charge in [0.05, 0.1) is 4.90 Å².